The normalized spacial score (nSPS) is 12.6. The molecule has 0 bridgehead atoms. The molecule has 0 atom stereocenters. The Balaban J connectivity index is 0.00000103. The van der Waals surface area contributed by atoms with Crippen LogP contribution in [0.2, 0.25) is 0 Å². The van der Waals surface area contributed by atoms with Gasteiger partial charge in [-0.15, -0.1) is 0 Å². The van der Waals surface area contributed by atoms with Gasteiger partial charge in [-0.3, -0.25) is 0 Å². The number of nitriles is 1. The van der Waals surface area contributed by atoms with E-state index in [1.165, 1.54) is 11.1 Å². The van der Waals surface area contributed by atoms with E-state index in [4.69, 9.17) is 4.98 Å². The fourth-order valence-electron chi connectivity index (χ4n) is 4.05. The molecule has 0 radical (unpaired) electrons. The Labute approximate surface area is 211 Å². The largest absolute Gasteiger partial charge is 0.338 e. The van der Waals surface area contributed by atoms with Gasteiger partial charge >= 0.3 is 0 Å². The number of aromatic amines is 1. The highest BCUT2D eigenvalue weighted by Gasteiger charge is 2.18. The van der Waals surface area contributed by atoms with Crippen LogP contribution in [-0.2, 0) is 0 Å². The lowest BCUT2D eigenvalue weighted by Gasteiger charge is -2.20. The van der Waals surface area contributed by atoms with Gasteiger partial charge in [0, 0.05) is 5.57 Å². The van der Waals surface area contributed by atoms with Gasteiger partial charge in [-0.05, 0) is 73.8 Å². The van der Waals surface area contributed by atoms with Crippen molar-refractivity contribution in [2.45, 2.75) is 47.5 Å². The van der Waals surface area contributed by atoms with E-state index in [9.17, 15) is 5.26 Å². The molecular weight excluding hydrogens is 428 g/mol. The molecule has 0 aliphatic carbocycles. The van der Waals surface area contributed by atoms with Gasteiger partial charge in [-0.1, -0.05) is 82.3 Å². The first-order valence-electron chi connectivity index (χ1n) is 12.6. The van der Waals surface area contributed by atoms with Crippen LogP contribution < -0.4 is 5.32 Å². The number of hydrogen-bond donors (Lipinski definition) is 2. The fraction of sp³-hybridized carbons (Fsp3) is 0.290. The number of aromatic nitrogens is 2. The van der Waals surface area contributed by atoms with Crippen molar-refractivity contribution >= 4 is 17.7 Å². The third-order valence-electron chi connectivity index (χ3n) is 5.58. The topological polar surface area (TPSA) is 64.5 Å². The van der Waals surface area contributed by atoms with Crippen molar-refractivity contribution in [2.24, 2.45) is 0 Å². The first kappa shape index (κ1) is 27.6. The maximum absolute atomic E-state index is 9.20. The molecular formula is C31H38N4. The van der Waals surface area contributed by atoms with Crippen molar-refractivity contribution in [1.82, 2.24) is 15.3 Å². The Morgan fingerprint density at radius 2 is 1.69 bits per heavy atom. The first-order chi connectivity index (χ1) is 17.2. The molecule has 1 aromatic heterocycles. The summed E-state index contributed by atoms with van der Waals surface area (Å²) < 4.78 is 0. The summed E-state index contributed by atoms with van der Waals surface area (Å²) in [6.45, 7) is 15.9. The number of benzene rings is 2. The Bertz CT molecular complexity index is 1180. The van der Waals surface area contributed by atoms with Crippen LogP contribution in [0, 0.1) is 11.3 Å². The third kappa shape index (κ3) is 6.91. The highest BCUT2D eigenvalue weighted by molar-refractivity contribution is 5.81. The molecule has 1 aliphatic rings. The van der Waals surface area contributed by atoms with Crippen molar-refractivity contribution < 1.29 is 0 Å². The summed E-state index contributed by atoms with van der Waals surface area (Å²) >= 11 is 0. The van der Waals surface area contributed by atoms with Gasteiger partial charge in [0.2, 0.25) is 0 Å². The smallest absolute Gasteiger partial charge is 0.139 e. The molecule has 1 fully saturated rings. The highest BCUT2D eigenvalue weighted by atomic mass is 14.9. The molecule has 2 heterocycles. The van der Waals surface area contributed by atoms with Crippen LogP contribution in [0.4, 0.5) is 0 Å². The van der Waals surface area contributed by atoms with Crippen LogP contribution in [0.25, 0.3) is 28.9 Å². The zero-order valence-electron chi connectivity index (χ0n) is 21.8. The molecule has 4 nitrogen and oxygen atoms in total. The molecule has 0 spiro atoms. The summed E-state index contributed by atoms with van der Waals surface area (Å²) in [6.07, 6.45) is 7.84. The molecule has 2 N–H and O–H groups in total. The zero-order valence-corrected chi connectivity index (χ0v) is 21.8. The number of H-pyrrole nitrogens is 1. The average Bonchev–Trinajstić information content (AvgIpc) is 3.34. The van der Waals surface area contributed by atoms with E-state index < -0.39 is 0 Å². The molecule has 3 aromatic rings. The quantitative estimate of drug-likeness (QED) is 0.402. The van der Waals surface area contributed by atoms with E-state index in [2.05, 4.69) is 47.2 Å². The van der Waals surface area contributed by atoms with Crippen LogP contribution in [0.5, 0.6) is 0 Å². The van der Waals surface area contributed by atoms with Crippen LogP contribution in [0.15, 0.2) is 66.8 Å². The van der Waals surface area contributed by atoms with E-state index in [0.717, 1.165) is 59.8 Å². The molecule has 4 rings (SSSR count). The second-order valence-corrected chi connectivity index (χ2v) is 7.59. The monoisotopic (exact) mass is 466 g/mol. The predicted molar refractivity (Wildman–Crippen MR) is 151 cm³/mol. The number of rotatable bonds is 5. The zero-order chi connectivity index (χ0) is 25.6. The Hall–Kier alpha value is -3.68. The van der Waals surface area contributed by atoms with Crippen molar-refractivity contribution in [2.75, 3.05) is 13.1 Å². The summed E-state index contributed by atoms with van der Waals surface area (Å²) in [7, 11) is 0. The second kappa shape index (κ2) is 14.6. The van der Waals surface area contributed by atoms with Gasteiger partial charge < -0.3 is 10.3 Å². The van der Waals surface area contributed by atoms with Gasteiger partial charge in [-0.2, -0.15) is 5.26 Å². The Kier molecular flexibility index (Phi) is 11.5. The molecule has 182 valence electrons. The van der Waals surface area contributed by atoms with Crippen LogP contribution >= 0.6 is 0 Å². The van der Waals surface area contributed by atoms with E-state index in [1.54, 1.807) is 6.08 Å². The SMILES string of the molecule is C=Cc1nc(C(=C2CCNCC2)c2ccc(-c3cccc(C#N)c3)cc2)[nH]c1/C=C\C.CC.CC. The standard InChI is InChI=1S/C27H26N4.2C2H6/c1-3-6-25-24(4-2)30-27(31-25)26(22-13-15-29-16-14-22)21-11-9-20(10-12-21)23-8-5-7-19(17-23)18-28;2*1-2/h3-12,17,29H,2,13-16H2,1H3,(H,30,31);2*1-2H3/b6-3-;;. The number of hydrogen-bond acceptors (Lipinski definition) is 3. The van der Waals surface area contributed by atoms with Crippen molar-refractivity contribution in [3.8, 4) is 17.2 Å². The van der Waals surface area contributed by atoms with E-state index in [1.807, 2.05) is 71.0 Å². The van der Waals surface area contributed by atoms with Crippen molar-refractivity contribution in [3.05, 3.63) is 95.1 Å². The second-order valence-electron chi connectivity index (χ2n) is 7.59. The fourth-order valence-corrected chi connectivity index (χ4v) is 4.05. The minimum atomic E-state index is 0.670. The lowest BCUT2D eigenvalue weighted by atomic mass is 9.92. The van der Waals surface area contributed by atoms with Gasteiger partial charge in [0.1, 0.15) is 5.82 Å². The minimum absolute atomic E-state index is 0.670. The van der Waals surface area contributed by atoms with E-state index in [0.29, 0.717) is 5.56 Å². The average molecular weight is 467 g/mol. The first-order valence-corrected chi connectivity index (χ1v) is 12.6. The summed E-state index contributed by atoms with van der Waals surface area (Å²) in [5, 5.41) is 12.6. The number of imidazole rings is 1. The van der Waals surface area contributed by atoms with E-state index >= 15 is 0 Å². The molecule has 4 heteroatoms. The van der Waals surface area contributed by atoms with Gasteiger partial charge in [-0.25, -0.2) is 4.98 Å². The number of piperidine rings is 1. The lowest BCUT2D eigenvalue weighted by Crippen LogP contribution is -2.24. The van der Waals surface area contributed by atoms with E-state index in [-0.39, 0.29) is 0 Å². The summed E-state index contributed by atoms with van der Waals surface area (Å²) in [4.78, 5) is 8.37. The Morgan fingerprint density at radius 1 is 1.00 bits per heavy atom. The molecule has 35 heavy (non-hydrogen) atoms. The molecule has 0 amide bonds. The summed E-state index contributed by atoms with van der Waals surface area (Å²) in [5.41, 5.74) is 8.39. The summed E-state index contributed by atoms with van der Waals surface area (Å²) in [6, 6.07) is 18.5. The predicted octanol–water partition coefficient (Wildman–Crippen LogP) is 7.86. The number of allylic oxidation sites excluding steroid dienone is 1. The van der Waals surface area contributed by atoms with Gasteiger partial charge in [0.25, 0.3) is 0 Å². The Morgan fingerprint density at radius 3 is 2.29 bits per heavy atom. The molecule has 1 aliphatic heterocycles. The minimum Gasteiger partial charge on any atom is -0.338 e. The maximum atomic E-state index is 9.20. The third-order valence-corrected chi connectivity index (χ3v) is 5.58. The molecule has 0 unspecified atom stereocenters. The van der Waals surface area contributed by atoms with Crippen LogP contribution in [0.1, 0.15) is 75.8 Å². The molecule has 0 saturated carbocycles. The van der Waals surface area contributed by atoms with Crippen LogP contribution in [0.3, 0.4) is 0 Å². The number of nitrogens with zero attached hydrogens (tertiary/aromatic N) is 2. The van der Waals surface area contributed by atoms with Gasteiger partial charge in [0.15, 0.2) is 0 Å². The van der Waals surface area contributed by atoms with Crippen molar-refractivity contribution in [3.63, 3.8) is 0 Å². The highest BCUT2D eigenvalue weighted by Crippen LogP contribution is 2.32. The number of nitrogens with one attached hydrogen (secondary N) is 2. The molecule has 1 saturated heterocycles. The van der Waals surface area contributed by atoms with Crippen LogP contribution in [-0.4, -0.2) is 23.1 Å². The maximum Gasteiger partial charge on any atom is 0.139 e. The summed E-state index contributed by atoms with van der Waals surface area (Å²) in [5.74, 6) is 0.888. The lowest BCUT2D eigenvalue weighted by molar-refractivity contribution is 0.611. The van der Waals surface area contributed by atoms with Gasteiger partial charge in [0.05, 0.1) is 23.0 Å². The molecule has 2 aromatic carbocycles. The van der Waals surface area contributed by atoms with Crippen molar-refractivity contribution in [1.29, 1.82) is 5.26 Å².